The van der Waals surface area contributed by atoms with Crippen LogP contribution >= 0.6 is 34.5 Å². The number of thiophene rings is 1. The van der Waals surface area contributed by atoms with Crippen molar-refractivity contribution >= 4 is 34.5 Å². The number of rotatable bonds is 5. The third-order valence-electron chi connectivity index (χ3n) is 2.65. The van der Waals surface area contributed by atoms with Crippen LogP contribution in [0, 0.1) is 0 Å². The highest BCUT2D eigenvalue weighted by Crippen LogP contribution is 2.34. The Morgan fingerprint density at radius 1 is 1.17 bits per heavy atom. The Hall–Kier alpha value is -0.540. The van der Waals surface area contributed by atoms with Gasteiger partial charge in [0.25, 0.3) is 0 Å². The van der Waals surface area contributed by atoms with E-state index in [2.05, 4.69) is 18.3 Å². The Morgan fingerprint density at radius 2 is 2.00 bits per heavy atom. The highest BCUT2D eigenvalue weighted by atomic mass is 35.5. The zero-order valence-electron chi connectivity index (χ0n) is 10.2. The monoisotopic (exact) mass is 299 g/mol. The number of nitrogens with one attached hydrogen (secondary N) is 1. The van der Waals surface area contributed by atoms with E-state index >= 15 is 0 Å². The van der Waals surface area contributed by atoms with Crippen molar-refractivity contribution in [3.05, 3.63) is 45.3 Å². The van der Waals surface area contributed by atoms with Gasteiger partial charge in [-0.1, -0.05) is 36.2 Å². The van der Waals surface area contributed by atoms with Crippen LogP contribution in [-0.2, 0) is 6.54 Å². The summed E-state index contributed by atoms with van der Waals surface area (Å²) < 4.78 is 0.803. The largest absolute Gasteiger partial charge is 0.313 e. The van der Waals surface area contributed by atoms with Crippen LogP contribution in [-0.4, -0.2) is 6.54 Å². The van der Waals surface area contributed by atoms with Crippen LogP contribution in [0.5, 0.6) is 0 Å². The molecule has 4 heteroatoms. The fourth-order valence-corrected chi connectivity index (χ4v) is 3.06. The summed E-state index contributed by atoms with van der Waals surface area (Å²) in [4.78, 5) is 1.16. The van der Waals surface area contributed by atoms with Crippen molar-refractivity contribution < 1.29 is 0 Å². The number of benzene rings is 1. The molecule has 96 valence electrons. The first kappa shape index (κ1) is 13.9. The maximum absolute atomic E-state index is 6.09. The van der Waals surface area contributed by atoms with Gasteiger partial charge in [0, 0.05) is 16.4 Å². The van der Waals surface area contributed by atoms with Gasteiger partial charge in [0.15, 0.2) is 0 Å². The van der Waals surface area contributed by atoms with Gasteiger partial charge in [-0.05, 0) is 48.4 Å². The summed E-state index contributed by atoms with van der Waals surface area (Å²) in [5, 5.41) is 4.17. The molecule has 0 aliphatic carbocycles. The molecule has 2 rings (SSSR count). The van der Waals surface area contributed by atoms with Gasteiger partial charge >= 0.3 is 0 Å². The van der Waals surface area contributed by atoms with Crippen LogP contribution in [0.2, 0.25) is 9.36 Å². The predicted molar refractivity (Wildman–Crippen MR) is 81.8 cm³/mol. The standard InChI is InChI=1S/C14H15Cl2NS/c1-2-7-17-9-10-3-4-11(15)8-12(10)13-5-6-14(16)18-13/h3-6,8,17H,2,7,9H2,1H3. The lowest BCUT2D eigenvalue weighted by Gasteiger charge is -2.09. The zero-order valence-corrected chi connectivity index (χ0v) is 12.5. The van der Waals surface area contributed by atoms with Crippen molar-refractivity contribution in [3.63, 3.8) is 0 Å². The van der Waals surface area contributed by atoms with Gasteiger partial charge in [-0.25, -0.2) is 0 Å². The van der Waals surface area contributed by atoms with Gasteiger partial charge in [0.05, 0.1) is 4.34 Å². The van der Waals surface area contributed by atoms with E-state index < -0.39 is 0 Å². The molecular formula is C14H15Cl2NS. The Balaban J connectivity index is 2.29. The van der Waals surface area contributed by atoms with Gasteiger partial charge in [-0.3, -0.25) is 0 Å². The van der Waals surface area contributed by atoms with E-state index in [-0.39, 0.29) is 0 Å². The average Bonchev–Trinajstić information content (AvgIpc) is 2.78. The summed E-state index contributed by atoms with van der Waals surface area (Å²) in [6.07, 6.45) is 1.13. The van der Waals surface area contributed by atoms with Gasteiger partial charge in [-0.2, -0.15) is 0 Å². The van der Waals surface area contributed by atoms with E-state index in [9.17, 15) is 0 Å². The molecule has 1 aromatic heterocycles. The maximum atomic E-state index is 6.09. The first-order valence-electron chi connectivity index (χ1n) is 5.95. The van der Waals surface area contributed by atoms with Crippen LogP contribution in [0.25, 0.3) is 10.4 Å². The molecule has 1 heterocycles. The molecule has 1 aromatic carbocycles. The topological polar surface area (TPSA) is 12.0 Å². The van der Waals surface area contributed by atoms with Crippen LogP contribution in [0.1, 0.15) is 18.9 Å². The van der Waals surface area contributed by atoms with E-state index in [1.165, 1.54) is 11.1 Å². The average molecular weight is 300 g/mol. The van der Waals surface area contributed by atoms with Crippen molar-refractivity contribution in [2.75, 3.05) is 6.54 Å². The molecule has 0 amide bonds. The highest BCUT2D eigenvalue weighted by molar-refractivity contribution is 7.19. The fourth-order valence-electron chi connectivity index (χ4n) is 1.79. The summed E-state index contributed by atoms with van der Waals surface area (Å²) in [5.74, 6) is 0. The Bertz CT molecular complexity index is 522. The quantitative estimate of drug-likeness (QED) is 0.746. The second-order valence-corrected chi connectivity index (χ2v) is 6.23. The summed E-state index contributed by atoms with van der Waals surface area (Å²) in [5.41, 5.74) is 2.43. The number of hydrogen-bond donors (Lipinski definition) is 1. The van der Waals surface area contributed by atoms with Crippen molar-refractivity contribution in [2.24, 2.45) is 0 Å². The van der Waals surface area contributed by atoms with Gasteiger partial charge in [0.2, 0.25) is 0 Å². The molecular weight excluding hydrogens is 285 g/mol. The second kappa shape index (κ2) is 6.58. The first-order valence-corrected chi connectivity index (χ1v) is 7.53. The third-order valence-corrected chi connectivity index (χ3v) is 4.15. The smallest absolute Gasteiger partial charge is 0.0934 e. The molecule has 18 heavy (non-hydrogen) atoms. The van der Waals surface area contributed by atoms with Crippen molar-refractivity contribution in [1.82, 2.24) is 5.32 Å². The molecule has 1 nitrogen and oxygen atoms in total. The van der Waals surface area contributed by atoms with Crippen LogP contribution < -0.4 is 5.32 Å². The second-order valence-electron chi connectivity index (χ2n) is 4.08. The summed E-state index contributed by atoms with van der Waals surface area (Å²) >= 11 is 13.7. The van der Waals surface area contributed by atoms with Crippen LogP contribution in [0.15, 0.2) is 30.3 Å². The minimum absolute atomic E-state index is 0.758. The lowest BCUT2D eigenvalue weighted by Crippen LogP contribution is -2.14. The Kier molecular flexibility index (Phi) is 5.07. The number of halogens is 2. The Morgan fingerprint density at radius 3 is 2.67 bits per heavy atom. The maximum Gasteiger partial charge on any atom is 0.0934 e. The zero-order chi connectivity index (χ0) is 13.0. The van der Waals surface area contributed by atoms with E-state index in [4.69, 9.17) is 23.2 Å². The third kappa shape index (κ3) is 3.48. The summed E-state index contributed by atoms with van der Waals surface area (Å²) in [7, 11) is 0. The van der Waals surface area contributed by atoms with Gasteiger partial charge in [0.1, 0.15) is 0 Å². The summed E-state index contributed by atoms with van der Waals surface area (Å²) in [6, 6.07) is 9.98. The van der Waals surface area contributed by atoms with E-state index in [0.717, 1.165) is 33.7 Å². The fraction of sp³-hybridized carbons (Fsp3) is 0.286. The van der Waals surface area contributed by atoms with E-state index in [1.807, 2.05) is 24.3 Å². The first-order chi connectivity index (χ1) is 8.70. The van der Waals surface area contributed by atoms with Crippen LogP contribution in [0.4, 0.5) is 0 Å². The molecule has 0 bridgehead atoms. The van der Waals surface area contributed by atoms with Crippen molar-refractivity contribution in [3.8, 4) is 10.4 Å². The molecule has 2 aromatic rings. The van der Waals surface area contributed by atoms with Gasteiger partial charge in [-0.15, -0.1) is 11.3 Å². The minimum atomic E-state index is 0.758. The molecule has 0 aliphatic heterocycles. The highest BCUT2D eigenvalue weighted by Gasteiger charge is 2.08. The molecule has 0 saturated carbocycles. The molecule has 0 spiro atoms. The van der Waals surface area contributed by atoms with E-state index in [1.54, 1.807) is 11.3 Å². The van der Waals surface area contributed by atoms with Crippen LogP contribution in [0.3, 0.4) is 0 Å². The molecule has 0 fully saturated rings. The molecule has 0 atom stereocenters. The number of hydrogen-bond acceptors (Lipinski definition) is 2. The lowest BCUT2D eigenvalue weighted by atomic mass is 10.1. The molecule has 0 aliphatic rings. The predicted octanol–water partition coefficient (Wildman–Crippen LogP) is 5.22. The molecule has 0 saturated heterocycles. The molecule has 0 radical (unpaired) electrons. The summed E-state index contributed by atoms with van der Waals surface area (Å²) in [6.45, 7) is 4.04. The lowest BCUT2D eigenvalue weighted by molar-refractivity contribution is 0.676. The van der Waals surface area contributed by atoms with Crippen molar-refractivity contribution in [1.29, 1.82) is 0 Å². The minimum Gasteiger partial charge on any atom is -0.313 e. The normalized spacial score (nSPS) is 10.8. The van der Waals surface area contributed by atoms with E-state index in [0.29, 0.717) is 0 Å². The SMILES string of the molecule is CCCNCc1ccc(Cl)cc1-c1ccc(Cl)s1. The Labute approximate surface area is 122 Å². The molecule has 0 unspecified atom stereocenters. The molecule has 1 N–H and O–H groups in total. The van der Waals surface area contributed by atoms with Gasteiger partial charge < -0.3 is 5.32 Å². The van der Waals surface area contributed by atoms with Crippen molar-refractivity contribution in [2.45, 2.75) is 19.9 Å².